The maximum Gasteiger partial charge on any atom is 0.0636 e. The van der Waals surface area contributed by atoms with Crippen molar-refractivity contribution in [1.29, 1.82) is 0 Å². The summed E-state index contributed by atoms with van der Waals surface area (Å²) in [6, 6.07) is 14.3. The molecule has 0 aliphatic carbocycles. The van der Waals surface area contributed by atoms with Gasteiger partial charge in [-0.3, -0.25) is 0 Å². The molecule has 0 saturated heterocycles. The molecule has 35 heavy (non-hydrogen) atoms. The van der Waals surface area contributed by atoms with Gasteiger partial charge >= 0.3 is 0 Å². The molecular formula is C30H36S5. The number of thiophene rings is 5. The highest BCUT2D eigenvalue weighted by Crippen LogP contribution is 2.49. The van der Waals surface area contributed by atoms with Crippen molar-refractivity contribution in [2.45, 2.75) is 90.9 Å². The van der Waals surface area contributed by atoms with E-state index in [4.69, 9.17) is 0 Å². The number of unbranched alkanes of at least 4 members (excludes halogenated alkanes) is 8. The van der Waals surface area contributed by atoms with Gasteiger partial charge in [0.05, 0.1) is 9.40 Å². The summed E-state index contributed by atoms with van der Waals surface area (Å²) in [5, 5.41) is 0. The third kappa shape index (κ3) is 6.30. The second kappa shape index (κ2) is 12.5. The Labute approximate surface area is 230 Å². The lowest BCUT2D eigenvalue weighted by Gasteiger charge is -1.98. The van der Waals surface area contributed by atoms with E-state index in [1.54, 1.807) is 9.75 Å². The van der Waals surface area contributed by atoms with Crippen molar-refractivity contribution in [2.24, 2.45) is 0 Å². The molecule has 5 aromatic heterocycles. The molecule has 0 amide bonds. The minimum atomic E-state index is 1.24. The van der Waals surface area contributed by atoms with E-state index in [1.807, 2.05) is 56.7 Å². The van der Waals surface area contributed by atoms with E-state index >= 15 is 0 Å². The van der Waals surface area contributed by atoms with E-state index in [0.29, 0.717) is 0 Å². The van der Waals surface area contributed by atoms with Gasteiger partial charge in [0.25, 0.3) is 0 Å². The molecule has 0 N–H and O–H groups in total. The van der Waals surface area contributed by atoms with Crippen molar-refractivity contribution < 1.29 is 0 Å². The van der Waals surface area contributed by atoms with Crippen LogP contribution in [0.4, 0.5) is 0 Å². The average molecular weight is 557 g/mol. The average Bonchev–Trinajstić information content (AvgIpc) is 3.65. The smallest absolute Gasteiger partial charge is 0.0636 e. The van der Waals surface area contributed by atoms with Crippen molar-refractivity contribution in [1.82, 2.24) is 0 Å². The van der Waals surface area contributed by atoms with Crippen LogP contribution < -0.4 is 0 Å². The Morgan fingerprint density at radius 2 is 0.914 bits per heavy atom. The molecule has 5 heteroatoms. The summed E-state index contributed by atoms with van der Waals surface area (Å²) < 4.78 is 5.93. The van der Waals surface area contributed by atoms with Crippen LogP contribution in [0.5, 0.6) is 0 Å². The number of hydrogen-bond donors (Lipinski definition) is 0. The molecule has 0 saturated carbocycles. The lowest BCUT2D eigenvalue weighted by Crippen LogP contribution is -1.81. The monoisotopic (exact) mass is 556 g/mol. The highest BCUT2D eigenvalue weighted by Gasteiger charge is 2.16. The summed E-state index contributed by atoms with van der Waals surface area (Å²) in [5.41, 5.74) is 0. The molecule has 0 nitrogen and oxygen atoms in total. The molecule has 0 atom stereocenters. The minimum absolute atomic E-state index is 1.24. The van der Waals surface area contributed by atoms with Crippen molar-refractivity contribution in [2.75, 3.05) is 0 Å². The van der Waals surface area contributed by atoms with Crippen molar-refractivity contribution in [3.05, 3.63) is 46.2 Å². The highest BCUT2D eigenvalue weighted by atomic mass is 32.1. The van der Waals surface area contributed by atoms with E-state index in [-0.39, 0.29) is 0 Å². The molecule has 5 heterocycles. The van der Waals surface area contributed by atoms with Crippen LogP contribution >= 0.6 is 56.7 Å². The lowest BCUT2D eigenvalue weighted by atomic mass is 10.1. The van der Waals surface area contributed by atoms with Crippen LogP contribution in [-0.2, 0) is 12.8 Å². The van der Waals surface area contributed by atoms with E-state index in [2.05, 4.69) is 50.2 Å². The molecule has 0 bridgehead atoms. The van der Waals surface area contributed by atoms with Gasteiger partial charge in [0.15, 0.2) is 0 Å². The zero-order valence-electron chi connectivity index (χ0n) is 21.0. The van der Waals surface area contributed by atoms with Gasteiger partial charge in [-0.25, -0.2) is 0 Å². The molecule has 0 aliphatic rings. The second-order valence-corrected chi connectivity index (χ2v) is 15.1. The van der Waals surface area contributed by atoms with E-state index < -0.39 is 0 Å². The molecule has 5 aromatic rings. The van der Waals surface area contributed by atoms with Gasteiger partial charge in [-0.05, 0) is 62.1 Å². The number of hydrogen-bond acceptors (Lipinski definition) is 5. The maximum absolute atomic E-state index is 2.44. The first-order valence-corrected chi connectivity index (χ1v) is 17.5. The molecule has 0 aliphatic heterocycles. The second-order valence-electron chi connectivity index (χ2n) is 9.57. The van der Waals surface area contributed by atoms with Crippen molar-refractivity contribution >= 4 is 75.5 Å². The first-order chi connectivity index (χ1) is 17.2. The van der Waals surface area contributed by atoms with Crippen molar-refractivity contribution in [3.63, 3.8) is 0 Å². The summed E-state index contributed by atoms with van der Waals surface area (Å²) in [4.78, 5) is 8.91. The Morgan fingerprint density at radius 3 is 1.37 bits per heavy atom. The van der Waals surface area contributed by atoms with Gasteiger partial charge in [-0.15, -0.1) is 56.7 Å². The van der Waals surface area contributed by atoms with Crippen LogP contribution in [0.2, 0.25) is 0 Å². The highest BCUT2D eigenvalue weighted by molar-refractivity contribution is 7.41. The SMILES string of the molecule is CCCCCCCc1ccc(-c2cc3sc4cc(-c5ccc(CCCCCCC)s5)sc4c3s2)s1. The first kappa shape index (κ1) is 25.7. The summed E-state index contributed by atoms with van der Waals surface area (Å²) in [6.45, 7) is 4.58. The molecule has 186 valence electrons. The molecule has 0 spiro atoms. The van der Waals surface area contributed by atoms with Crippen LogP contribution in [0, 0.1) is 0 Å². The predicted molar refractivity (Wildman–Crippen MR) is 167 cm³/mol. The first-order valence-electron chi connectivity index (χ1n) is 13.4. The van der Waals surface area contributed by atoms with Crippen LogP contribution in [0.25, 0.3) is 38.3 Å². The Kier molecular flexibility index (Phi) is 9.17. The molecule has 0 unspecified atom stereocenters. The van der Waals surface area contributed by atoms with E-state index in [0.717, 1.165) is 0 Å². The zero-order chi connectivity index (χ0) is 24.0. The number of aryl methyl sites for hydroxylation is 2. The Hall–Kier alpha value is -0.980. The zero-order valence-corrected chi connectivity index (χ0v) is 25.1. The minimum Gasteiger partial charge on any atom is -0.139 e. The lowest BCUT2D eigenvalue weighted by molar-refractivity contribution is 0.634. The Bertz CT molecular complexity index is 1240. The van der Waals surface area contributed by atoms with Crippen molar-refractivity contribution in [3.8, 4) is 19.5 Å². The number of rotatable bonds is 14. The van der Waals surface area contributed by atoms with Crippen LogP contribution in [0.1, 0.15) is 87.8 Å². The third-order valence-corrected chi connectivity index (χ3v) is 13.1. The van der Waals surface area contributed by atoms with E-state index in [9.17, 15) is 0 Å². The van der Waals surface area contributed by atoms with Gasteiger partial charge in [0.1, 0.15) is 0 Å². The molecule has 0 fully saturated rings. The maximum atomic E-state index is 2.44. The standard InChI is InChI=1S/C30H36S5/c1-3-5-7-9-11-13-21-15-17-23(31-21)25-19-27-29(34-25)30-28(33-27)20-26(35-30)24-18-16-22(32-24)14-12-10-8-6-4-2/h15-20H,3-14H2,1-2H3. The molecular weight excluding hydrogens is 521 g/mol. The summed E-state index contributed by atoms with van der Waals surface area (Å²) >= 11 is 10.00. The van der Waals surface area contributed by atoms with Gasteiger partial charge in [-0.1, -0.05) is 65.2 Å². The van der Waals surface area contributed by atoms with Crippen LogP contribution in [0.3, 0.4) is 0 Å². The van der Waals surface area contributed by atoms with Gasteiger partial charge in [0.2, 0.25) is 0 Å². The largest absolute Gasteiger partial charge is 0.139 e. The van der Waals surface area contributed by atoms with Gasteiger partial charge in [0, 0.05) is 38.7 Å². The van der Waals surface area contributed by atoms with E-state index in [1.165, 1.54) is 115 Å². The number of fused-ring (bicyclic) bond motifs is 3. The van der Waals surface area contributed by atoms with Crippen LogP contribution in [-0.4, -0.2) is 0 Å². The molecule has 0 radical (unpaired) electrons. The third-order valence-electron chi connectivity index (χ3n) is 6.68. The summed E-state index contributed by atoms with van der Waals surface area (Å²) in [5.74, 6) is 0. The van der Waals surface area contributed by atoms with Gasteiger partial charge in [-0.2, -0.15) is 0 Å². The summed E-state index contributed by atoms with van der Waals surface area (Å²) in [7, 11) is 0. The fourth-order valence-corrected chi connectivity index (χ4v) is 11.0. The predicted octanol–water partition coefficient (Wildman–Crippen LogP) is 12.7. The van der Waals surface area contributed by atoms with Gasteiger partial charge < -0.3 is 0 Å². The fourth-order valence-electron chi connectivity index (χ4n) is 4.67. The quantitative estimate of drug-likeness (QED) is 0.119. The summed E-state index contributed by atoms with van der Waals surface area (Å²) in [6.07, 6.45) is 16.1. The normalized spacial score (nSPS) is 11.9. The topological polar surface area (TPSA) is 0 Å². The Balaban J connectivity index is 1.25. The van der Waals surface area contributed by atoms with Crippen LogP contribution in [0.15, 0.2) is 36.4 Å². The Morgan fingerprint density at radius 1 is 0.457 bits per heavy atom. The molecule has 5 rings (SSSR count). The fraction of sp³-hybridized carbons (Fsp3) is 0.467. The molecule has 0 aromatic carbocycles.